The Kier molecular flexibility index (Phi) is 5.65. The van der Waals surface area contributed by atoms with Crippen LogP contribution in [0.25, 0.3) is 0 Å². The Morgan fingerprint density at radius 1 is 1.24 bits per heavy atom. The summed E-state index contributed by atoms with van der Waals surface area (Å²) in [6.45, 7) is 6.92. The third-order valence-corrected chi connectivity index (χ3v) is 2.22. The highest BCUT2D eigenvalue weighted by molar-refractivity contribution is 5.41. The fourth-order valence-electron chi connectivity index (χ4n) is 1.56. The Labute approximate surface area is 102 Å². The lowest BCUT2D eigenvalue weighted by molar-refractivity contribution is 0.325. The minimum atomic E-state index is 0.563. The largest absolute Gasteiger partial charge is 0.478 e. The number of nitrogens with zero attached hydrogens (tertiary/aromatic N) is 3. The first-order chi connectivity index (χ1) is 8.21. The maximum atomic E-state index is 5.57. The predicted octanol–water partition coefficient (Wildman–Crippen LogP) is -0.0925. The van der Waals surface area contributed by atoms with Crippen LogP contribution in [0.2, 0.25) is 0 Å². The molecular weight excluding hydrogens is 218 g/mol. The molecule has 0 atom stereocenters. The number of hydrogen-bond acceptors (Lipinski definition) is 6. The van der Waals surface area contributed by atoms with E-state index >= 15 is 0 Å². The van der Waals surface area contributed by atoms with Crippen molar-refractivity contribution in [3.63, 3.8) is 0 Å². The molecule has 6 heteroatoms. The van der Waals surface area contributed by atoms with Crippen LogP contribution in [0.3, 0.4) is 0 Å². The Hall–Kier alpha value is -1.40. The number of nitrogens with two attached hydrogens (primary N) is 2. The van der Waals surface area contributed by atoms with Crippen LogP contribution in [-0.2, 0) is 0 Å². The van der Waals surface area contributed by atoms with Crippen molar-refractivity contribution in [3.8, 4) is 5.88 Å². The van der Waals surface area contributed by atoms with Crippen LogP contribution in [0.5, 0.6) is 5.88 Å². The SMILES string of the molecule is CCOc1cc(N(CCN)CCN)nc(C)n1. The number of hydrogen-bond donors (Lipinski definition) is 2. The first-order valence-electron chi connectivity index (χ1n) is 5.84. The fourth-order valence-corrected chi connectivity index (χ4v) is 1.56. The average Bonchev–Trinajstić information content (AvgIpc) is 2.28. The molecule has 0 aliphatic carbocycles. The van der Waals surface area contributed by atoms with Crippen molar-refractivity contribution in [1.29, 1.82) is 0 Å². The van der Waals surface area contributed by atoms with Crippen molar-refractivity contribution < 1.29 is 4.74 Å². The molecule has 0 fully saturated rings. The molecule has 0 amide bonds. The lowest BCUT2D eigenvalue weighted by atomic mass is 10.4. The third kappa shape index (κ3) is 4.16. The van der Waals surface area contributed by atoms with Crippen molar-refractivity contribution >= 4 is 5.82 Å². The molecule has 0 bridgehead atoms. The van der Waals surface area contributed by atoms with E-state index in [0.717, 1.165) is 18.9 Å². The van der Waals surface area contributed by atoms with Crippen molar-refractivity contribution in [2.24, 2.45) is 11.5 Å². The summed E-state index contributed by atoms with van der Waals surface area (Å²) in [7, 11) is 0. The molecule has 0 saturated heterocycles. The number of anilines is 1. The van der Waals surface area contributed by atoms with E-state index in [2.05, 4.69) is 9.97 Å². The van der Waals surface area contributed by atoms with Crippen molar-refractivity contribution in [1.82, 2.24) is 9.97 Å². The fraction of sp³-hybridized carbons (Fsp3) is 0.636. The standard InChI is InChI=1S/C11H21N5O/c1-3-17-11-8-10(14-9(2)15-11)16(6-4-12)7-5-13/h8H,3-7,12-13H2,1-2H3. The normalized spacial score (nSPS) is 10.4. The van der Waals surface area contributed by atoms with Gasteiger partial charge >= 0.3 is 0 Å². The summed E-state index contributed by atoms with van der Waals surface area (Å²) in [5.41, 5.74) is 11.1. The summed E-state index contributed by atoms with van der Waals surface area (Å²) in [5, 5.41) is 0. The number of ether oxygens (including phenoxy) is 1. The van der Waals surface area contributed by atoms with E-state index in [1.54, 1.807) is 0 Å². The number of aromatic nitrogens is 2. The molecular formula is C11H21N5O. The maximum absolute atomic E-state index is 5.57. The van der Waals surface area contributed by atoms with Crippen molar-refractivity contribution in [3.05, 3.63) is 11.9 Å². The van der Waals surface area contributed by atoms with Gasteiger partial charge in [-0.1, -0.05) is 0 Å². The van der Waals surface area contributed by atoms with E-state index in [4.69, 9.17) is 16.2 Å². The Morgan fingerprint density at radius 3 is 2.41 bits per heavy atom. The average molecular weight is 239 g/mol. The van der Waals surface area contributed by atoms with Crippen molar-refractivity contribution in [2.75, 3.05) is 37.7 Å². The Morgan fingerprint density at radius 2 is 1.88 bits per heavy atom. The van der Waals surface area contributed by atoms with Crippen LogP contribution in [-0.4, -0.2) is 42.8 Å². The second kappa shape index (κ2) is 7.03. The van der Waals surface area contributed by atoms with Gasteiger partial charge in [0.2, 0.25) is 5.88 Å². The van der Waals surface area contributed by atoms with E-state index in [1.807, 2.05) is 24.8 Å². The molecule has 1 rings (SSSR count). The monoisotopic (exact) mass is 239 g/mol. The van der Waals surface area contributed by atoms with Crippen LogP contribution in [0.15, 0.2) is 6.07 Å². The molecule has 1 aromatic heterocycles. The van der Waals surface area contributed by atoms with Crippen molar-refractivity contribution in [2.45, 2.75) is 13.8 Å². The van der Waals surface area contributed by atoms with E-state index < -0.39 is 0 Å². The second-order valence-corrected chi connectivity index (χ2v) is 3.61. The molecule has 1 aromatic rings. The van der Waals surface area contributed by atoms with Crippen LogP contribution in [0, 0.1) is 6.92 Å². The maximum Gasteiger partial charge on any atom is 0.218 e. The molecule has 0 radical (unpaired) electrons. The lowest BCUT2D eigenvalue weighted by Crippen LogP contribution is -2.34. The zero-order valence-corrected chi connectivity index (χ0v) is 10.5. The van der Waals surface area contributed by atoms with Gasteiger partial charge in [0, 0.05) is 32.2 Å². The topological polar surface area (TPSA) is 90.3 Å². The van der Waals surface area contributed by atoms with Gasteiger partial charge in [0.15, 0.2) is 0 Å². The number of rotatable bonds is 7. The quantitative estimate of drug-likeness (QED) is 0.691. The molecule has 4 N–H and O–H groups in total. The summed E-state index contributed by atoms with van der Waals surface area (Å²) < 4.78 is 5.39. The molecule has 96 valence electrons. The van der Waals surface area contributed by atoms with Gasteiger partial charge in [-0.15, -0.1) is 0 Å². The molecule has 0 aromatic carbocycles. The van der Waals surface area contributed by atoms with Gasteiger partial charge < -0.3 is 21.1 Å². The van der Waals surface area contributed by atoms with E-state index in [0.29, 0.717) is 31.4 Å². The summed E-state index contributed by atoms with van der Waals surface area (Å²) in [6.07, 6.45) is 0. The van der Waals surface area contributed by atoms with E-state index in [-0.39, 0.29) is 0 Å². The van der Waals surface area contributed by atoms with E-state index in [1.165, 1.54) is 0 Å². The first kappa shape index (κ1) is 13.7. The van der Waals surface area contributed by atoms with Gasteiger partial charge in [-0.05, 0) is 13.8 Å². The van der Waals surface area contributed by atoms with Gasteiger partial charge in [-0.2, -0.15) is 4.98 Å². The van der Waals surface area contributed by atoms with Gasteiger partial charge in [0.1, 0.15) is 11.6 Å². The van der Waals surface area contributed by atoms with Crippen LogP contribution >= 0.6 is 0 Å². The van der Waals surface area contributed by atoms with Gasteiger partial charge in [-0.3, -0.25) is 0 Å². The summed E-state index contributed by atoms with van der Waals surface area (Å²) in [5.74, 6) is 2.09. The van der Waals surface area contributed by atoms with Gasteiger partial charge in [0.25, 0.3) is 0 Å². The predicted molar refractivity (Wildman–Crippen MR) is 68.3 cm³/mol. The smallest absolute Gasteiger partial charge is 0.218 e. The lowest BCUT2D eigenvalue weighted by Gasteiger charge is -2.22. The van der Waals surface area contributed by atoms with E-state index in [9.17, 15) is 0 Å². The highest BCUT2D eigenvalue weighted by Crippen LogP contribution is 2.16. The molecule has 0 unspecified atom stereocenters. The van der Waals surface area contributed by atoms with Gasteiger partial charge in [0.05, 0.1) is 6.61 Å². The summed E-state index contributed by atoms with van der Waals surface area (Å²) in [6, 6.07) is 1.82. The minimum absolute atomic E-state index is 0.563. The Bertz CT molecular complexity index is 339. The highest BCUT2D eigenvalue weighted by Gasteiger charge is 2.09. The molecule has 0 aliphatic rings. The molecule has 17 heavy (non-hydrogen) atoms. The van der Waals surface area contributed by atoms with Gasteiger partial charge in [-0.25, -0.2) is 4.98 Å². The van der Waals surface area contributed by atoms with Crippen LogP contribution in [0.1, 0.15) is 12.7 Å². The summed E-state index contributed by atoms with van der Waals surface area (Å²) >= 11 is 0. The molecule has 1 heterocycles. The van der Waals surface area contributed by atoms with Crippen LogP contribution < -0.4 is 21.1 Å². The Balaban J connectivity index is 2.92. The molecule has 0 spiro atoms. The summed E-state index contributed by atoms with van der Waals surface area (Å²) in [4.78, 5) is 10.6. The third-order valence-electron chi connectivity index (χ3n) is 2.22. The zero-order chi connectivity index (χ0) is 12.7. The minimum Gasteiger partial charge on any atom is -0.478 e. The molecule has 0 saturated carbocycles. The molecule has 6 nitrogen and oxygen atoms in total. The molecule has 0 aliphatic heterocycles. The zero-order valence-electron chi connectivity index (χ0n) is 10.5. The highest BCUT2D eigenvalue weighted by atomic mass is 16.5. The first-order valence-corrected chi connectivity index (χ1v) is 5.84. The number of aryl methyl sites for hydroxylation is 1. The van der Waals surface area contributed by atoms with Crippen LogP contribution in [0.4, 0.5) is 5.82 Å². The second-order valence-electron chi connectivity index (χ2n) is 3.61.